The molecule has 0 bridgehead atoms. The van der Waals surface area contributed by atoms with E-state index >= 15 is 0 Å². The molecule has 2 aromatic rings. The van der Waals surface area contributed by atoms with Gasteiger partial charge in [0, 0.05) is 13.5 Å². The van der Waals surface area contributed by atoms with E-state index in [4.69, 9.17) is 10.5 Å². The zero-order chi connectivity index (χ0) is 15.0. The highest BCUT2D eigenvalue weighted by molar-refractivity contribution is 5.65. The third-order valence-corrected chi connectivity index (χ3v) is 3.87. The van der Waals surface area contributed by atoms with E-state index in [1.54, 1.807) is 0 Å². The van der Waals surface area contributed by atoms with Gasteiger partial charge in [-0.2, -0.15) is 5.10 Å². The van der Waals surface area contributed by atoms with Crippen molar-refractivity contribution in [2.45, 2.75) is 32.3 Å². The van der Waals surface area contributed by atoms with Gasteiger partial charge in [0.1, 0.15) is 17.7 Å². The van der Waals surface area contributed by atoms with Crippen molar-refractivity contribution in [2.75, 3.05) is 17.6 Å². The van der Waals surface area contributed by atoms with Crippen LogP contribution in [0.5, 0.6) is 5.75 Å². The fourth-order valence-corrected chi connectivity index (χ4v) is 2.78. The van der Waals surface area contributed by atoms with E-state index in [0.717, 1.165) is 35.9 Å². The highest BCUT2D eigenvalue weighted by atomic mass is 16.5. The first-order chi connectivity index (χ1) is 10.1. The summed E-state index contributed by atoms with van der Waals surface area (Å²) in [6.45, 7) is 4.91. The Bertz CT molecular complexity index is 623. The van der Waals surface area contributed by atoms with Gasteiger partial charge < -0.3 is 15.8 Å². The highest BCUT2D eigenvalue weighted by Crippen LogP contribution is 2.30. The van der Waals surface area contributed by atoms with Gasteiger partial charge in [0.05, 0.1) is 17.9 Å². The zero-order valence-electron chi connectivity index (χ0n) is 12.8. The maximum absolute atomic E-state index is 6.19. The molecule has 2 heterocycles. The average molecular weight is 286 g/mol. The number of para-hydroxylation sites is 1. The van der Waals surface area contributed by atoms with E-state index < -0.39 is 0 Å². The van der Waals surface area contributed by atoms with Gasteiger partial charge in [-0.15, -0.1) is 0 Å². The van der Waals surface area contributed by atoms with Gasteiger partial charge in [-0.05, 0) is 17.5 Å². The van der Waals surface area contributed by atoms with Crippen LogP contribution < -0.4 is 15.8 Å². The van der Waals surface area contributed by atoms with Crippen LogP contribution in [-0.4, -0.2) is 22.4 Å². The number of fused-ring (bicyclic) bond motifs is 1. The molecule has 1 aromatic heterocycles. The van der Waals surface area contributed by atoms with Gasteiger partial charge in [-0.25, -0.2) is 0 Å². The van der Waals surface area contributed by atoms with E-state index in [1.165, 1.54) is 5.56 Å². The quantitative estimate of drug-likeness (QED) is 0.906. The molecule has 21 heavy (non-hydrogen) atoms. The summed E-state index contributed by atoms with van der Waals surface area (Å²) >= 11 is 0. The van der Waals surface area contributed by atoms with E-state index in [1.807, 2.05) is 29.9 Å². The molecule has 0 fully saturated rings. The second kappa shape index (κ2) is 5.31. The van der Waals surface area contributed by atoms with Crippen molar-refractivity contribution in [3.8, 4) is 5.75 Å². The first-order valence-electron chi connectivity index (χ1n) is 7.37. The van der Waals surface area contributed by atoms with Crippen LogP contribution in [0, 0.1) is 0 Å². The third-order valence-electron chi connectivity index (χ3n) is 3.87. The second-order valence-corrected chi connectivity index (χ2v) is 5.86. The lowest BCUT2D eigenvalue weighted by Crippen LogP contribution is -2.25. The summed E-state index contributed by atoms with van der Waals surface area (Å²) in [6.07, 6.45) is 1.07. The Labute approximate surface area is 125 Å². The molecule has 1 aromatic carbocycles. The Morgan fingerprint density at radius 1 is 1.43 bits per heavy atom. The molecule has 0 amide bonds. The molecule has 0 radical (unpaired) electrons. The number of anilines is 2. The molecule has 1 atom stereocenters. The maximum Gasteiger partial charge on any atom is 0.147 e. The average Bonchev–Trinajstić information content (AvgIpc) is 2.98. The van der Waals surface area contributed by atoms with Crippen molar-refractivity contribution in [2.24, 2.45) is 7.05 Å². The minimum absolute atomic E-state index is 0.138. The molecule has 0 aliphatic carbocycles. The smallest absolute Gasteiger partial charge is 0.147 e. The highest BCUT2D eigenvalue weighted by Gasteiger charge is 2.23. The molecule has 3 N–H and O–H groups in total. The lowest BCUT2D eigenvalue weighted by atomic mass is 10.1. The molecule has 0 spiro atoms. The van der Waals surface area contributed by atoms with Crippen LogP contribution in [-0.2, 0) is 13.5 Å². The molecular weight excluding hydrogens is 264 g/mol. The van der Waals surface area contributed by atoms with Gasteiger partial charge in [0.2, 0.25) is 0 Å². The van der Waals surface area contributed by atoms with Crippen LogP contribution >= 0.6 is 0 Å². The SMILES string of the molecule is CC(C)c1nn(C)c(NCC2Cc3ccccc3O2)c1N. The Morgan fingerprint density at radius 3 is 2.86 bits per heavy atom. The molecular formula is C16H22N4O. The first-order valence-corrected chi connectivity index (χ1v) is 7.37. The largest absolute Gasteiger partial charge is 0.488 e. The normalized spacial score (nSPS) is 16.9. The lowest BCUT2D eigenvalue weighted by molar-refractivity contribution is 0.246. The van der Waals surface area contributed by atoms with Crippen molar-refractivity contribution in [1.29, 1.82) is 0 Å². The summed E-state index contributed by atoms with van der Waals surface area (Å²) in [6, 6.07) is 8.18. The first kappa shape index (κ1) is 13.8. The fourth-order valence-electron chi connectivity index (χ4n) is 2.78. The second-order valence-electron chi connectivity index (χ2n) is 5.86. The molecule has 3 rings (SSSR count). The van der Waals surface area contributed by atoms with Crippen molar-refractivity contribution >= 4 is 11.5 Å². The van der Waals surface area contributed by atoms with Crippen molar-refractivity contribution in [3.63, 3.8) is 0 Å². The van der Waals surface area contributed by atoms with E-state index in [0.29, 0.717) is 5.92 Å². The molecule has 1 aliphatic heterocycles. The number of rotatable bonds is 4. The number of nitrogens with one attached hydrogen (secondary N) is 1. The van der Waals surface area contributed by atoms with Gasteiger partial charge in [0.25, 0.3) is 0 Å². The maximum atomic E-state index is 6.19. The van der Waals surface area contributed by atoms with Crippen LogP contribution in [0.3, 0.4) is 0 Å². The van der Waals surface area contributed by atoms with Gasteiger partial charge in [-0.1, -0.05) is 32.0 Å². The zero-order valence-corrected chi connectivity index (χ0v) is 12.8. The topological polar surface area (TPSA) is 65.1 Å². The predicted molar refractivity (Wildman–Crippen MR) is 84.8 cm³/mol. The summed E-state index contributed by atoms with van der Waals surface area (Å²) in [7, 11) is 1.91. The van der Waals surface area contributed by atoms with Crippen molar-refractivity contribution in [1.82, 2.24) is 9.78 Å². The van der Waals surface area contributed by atoms with Crippen LogP contribution in [0.4, 0.5) is 11.5 Å². The number of aromatic nitrogens is 2. The Morgan fingerprint density at radius 2 is 2.19 bits per heavy atom. The number of nitrogen functional groups attached to an aromatic ring is 1. The summed E-state index contributed by atoms with van der Waals surface area (Å²) in [4.78, 5) is 0. The summed E-state index contributed by atoms with van der Waals surface area (Å²) < 4.78 is 7.74. The van der Waals surface area contributed by atoms with Crippen LogP contribution in [0.1, 0.15) is 31.0 Å². The molecule has 0 saturated carbocycles. The monoisotopic (exact) mass is 286 g/mol. The molecule has 0 saturated heterocycles. The lowest BCUT2D eigenvalue weighted by Gasteiger charge is -2.13. The number of hydrogen-bond acceptors (Lipinski definition) is 4. The minimum Gasteiger partial charge on any atom is -0.488 e. The van der Waals surface area contributed by atoms with Crippen molar-refractivity contribution in [3.05, 3.63) is 35.5 Å². The number of aryl methyl sites for hydroxylation is 1. The van der Waals surface area contributed by atoms with Crippen LogP contribution in [0.15, 0.2) is 24.3 Å². The number of benzene rings is 1. The Hall–Kier alpha value is -2.17. The Kier molecular flexibility index (Phi) is 3.49. The molecule has 112 valence electrons. The van der Waals surface area contributed by atoms with Gasteiger partial charge in [-0.3, -0.25) is 4.68 Å². The van der Waals surface area contributed by atoms with Crippen molar-refractivity contribution < 1.29 is 4.74 Å². The summed E-state index contributed by atoms with van der Waals surface area (Å²) in [5.41, 5.74) is 9.14. The number of ether oxygens (including phenoxy) is 1. The van der Waals surface area contributed by atoms with Crippen LogP contribution in [0.2, 0.25) is 0 Å². The molecule has 5 nitrogen and oxygen atoms in total. The number of nitrogens with two attached hydrogens (primary N) is 1. The van der Waals surface area contributed by atoms with E-state index in [9.17, 15) is 0 Å². The van der Waals surface area contributed by atoms with Gasteiger partial charge in [0.15, 0.2) is 0 Å². The third kappa shape index (κ3) is 2.55. The van der Waals surface area contributed by atoms with Crippen LogP contribution in [0.25, 0.3) is 0 Å². The van der Waals surface area contributed by atoms with E-state index in [-0.39, 0.29) is 6.10 Å². The summed E-state index contributed by atoms with van der Waals surface area (Å²) in [5, 5.41) is 7.87. The summed E-state index contributed by atoms with van der Waals surface area (Å²) in [5.74, 6) is 2.18. The standard InChI is InChI=1S/C16H22N4O/c1-10(2)15-14(17)16(20(3)19-15)18-9-12-8-11-6-4-5-7-13(11)21-12/h4-7,10,12,18H,8-9,17H2,1-3H3. The number of nitrogens with zero attached hydrogens (tertiary/aromatic N) is 2. The number of hydrogen-bond donors (Lipinski definition) is 2. The minimum atomic E-state index is 0.138. The molecule has 1 aliphatic rings. The molecule has 5 heteroatoms. The Balaban J connectivity index is 1.67. The van der Waals surface area contributed by atoms with Gasteiger partial charge >= 0.3 is 0 Å². The fraction of sp³-hybridized carbons (Fsp3) is 0.438. The predicted octanol–water partition coefficient (Wildman–Crippen LogP) is 2.54. The molecule has 1 unspecified atom stereocenters. The van der Waals surface area contributed by atoms with E-state index in [2.05, 4.69) is 30.3 Å².